The van der Waals surface area contributed by atoms with Crippen molar-refractivity contribution in [2.45, 2.75) is 25.8 Å². The normalized spacial score (nSPS) is 13.0. The fourth-order valence-corrected chi connectivity index (χ4v) is 6.61. The fraction of sp³-hybridized carbons (Fsp3) is 0.450. The predicted molar refractivity (Wildman–Crippen MR) is 228 cm³/mol. The SMILES string of the molecule is Nc1nc2cc(-c3nn(CCCCNC(=O)CCOCCOCCOCCOCCNC(=O)c4cnc(N5CCN(c6ncccn6)CC5)nc4)c4ncnc(N)c34)ccc2o1. The van der Waals surface area contributed by atoms with Gasteiger partial charge in [0.2, 0.25) is 17.8 Å². The molecule has 22 nitrogen and oxygen atoms in total. The van der Waals surface area contributed by atoms with E-state index in [1.165, 1.54) is 18.7 Å². The van der Waals surface area contributed by atoms with Crippen molar-refractivity contribution in [1.29, 1.82) is 0 Å². The smallest absolute Gasteiger partial charge is 0.292 e. The monoisotopic (exact) mass is 853 g/mol. The highest BCUT2D eigenvalue weighted by Crippen LogP contribution is 2.32. The number of fused-ring (bicyclic) bond motifs is 2. The van der Waals surface area contributed by atoms with Gasteiger partial charge in [-0.15, -0.1) is 0 Å². The molecule has 22 heteroatoms. The molecule has 62 heavy (non-hydrogen) atoms. The Hall–Kier alpha value is -6.62. The summed E-state index contributed by atoms with van der Waals surface area (Å²) in [4.78, 5) is 59.2. The van der Waals surface area contributed by atoms with Gasteiger partial charge in [0.15, 0.2) is 11.2 Å². The van der Waals surface area contributed by atoms with Crippen LogP contribution in [0.15, 0.2) is 59.8 Å². The summed E-state index contributed by atoms with van der Waals surface area (Å²) in [5.74, 6) is 1.29. The second-order valence-electron chi connectivity index (χ2n) is 14.1. The Labute approximate surface area is 356 Å². The zero-order valence-corrected chi connectivity index (χ0v) is 34.4. The Morgan fingerprint density at radius 1 is 0.742 bits per heavy atom. The molecular weight excluding hydrogens is 803 g/mol. The van der Waals surface area contributed by atoms with E-state index in [9.17, 15) is 9.59 Å². The van der Waals surface area contributed by atoms with Gasteiger partial charge in [0.05, 0.1) is 63.8 Å². The summed E-state index contributed by atoms with van der Waals surface area (Å²) in [6.45, 7) is 7.41. The number of nitrogens with one attached hydrogen (secondary N) is 2. The molecular formula is C40H51N15O7. The molecule has 0 saturated carbocycles. The summed E-state index contributed by atoms with van der Waals surface area (Å²) in [6, 6.07) is 7.39. The highest BCUT2D eigenvalue weighted by Gasteiger charge is 2.21. The van der Waals surface area contributed by atoms with Crippen LogP contribution in [0.2, 0.25) is 0 Å². The Bertz CT molecular complexity index is 2340. The molecule has 6 N–H and O–H groups in total. The average Bonchev–Trinajstić information content (AvgIpc) is 3.87. The van der Waals surface area contributed by atoms with Crippen molar-refractivity contribution >= 4 is 57.7 Å². The number of nitrogen functional groups attached to an aromatic ring is 2. The lowest BCUT2D eigenvalue weighted by Gasteiger charge is -2.34. The Kier molecular flexibility index (Phi) is 15.6. The van der Waals surface area contributed by atoms with Crippen LogP contribution in [0.1, 0.15) is 29.6 Å². The molecule has 1 fully saturated rings. The standard InChI is InChI=1S/C40H51N15O7/c41-35-33-34(28-4-5-31-30(24-28)51-38(42)62-31)52-55(36(33)50-27-49-35)11-2-1-7-43-32(56)6-16-58-18-20-60-22-23-61-21-19-59-17-10-44-37(57)29-25-47-40(48-26-29)54-14-12-53(13-15-54)39-45-8-3-9-46-39/h3-5,8-9,24-27H,1-2,6-7,10-23H2,(H2,42,51)(H,43,56)(H,44,57)(H2,41,49,50). The minimum Gasteiger partial charge on any atom is -0.424 e. The van der Waals surface area contributed by atoms with E-state index in [2.05, 4.69) is 55.3 Å². The number of amides is 2. The third kappa shape index (κ3) is 12.0. The molecule has 0 unspecified atom stereocenters. The van der Waals surface area contributed by atoms with Gasteiger partial charge in [0, 0.05) is 82.6 Å². The Morgan fingerprint density at radius 3 is 2.11 bits per heavy atom. The van der Waals surface area contributed by atoms with Crippen molar-refractivity contribution in [2.24, 2.45) is 0 Å². The average molecular weight is 854 g/mol. The first-order chi connectivity index (χ1) is 30.4. The topological polar surface area (TPSA) is 275 Å². The minimum atomic E-state index is -0.263. The second-order valence-corrected chi connectivity index (χ2v) is 14.1. The van der Waals surface area contributed by atoms with Gasteiger partial charge in [-0.05, 0) is 37.1 Å². The molecule has 6 aromatic rings. The second kappa shape index (κ2) is 22.3. The largest absolute Gasteiger partial charge is 0.424 e. The molecule has 0 aliphatic carbocycles. The van der Waals surface area contributed by atoms with Crippen LogP contribution in [-0.4, -0.2) is 149 Å². The molecule has 0 spiro atoms. The summed E-state index contributed by atoms with van der Waals surface area (Å²) in [7, 11) is 0. The van der Waals surface area contributed by atoms with Crippen molar-refractivity contribution in [3.05, 3.63) is 60.9 Å². The van der Waals surface area contributed by atoms with Crippen molar-refractivity contribution in [3.8, 4) is 11.3 Å². The van der Waals surface area contributed by atoms with E-state index in [0.717, 1.165) is 44.6 Å². The maximum Gasteiger partial charge on any atom is 0.292 e. The number of nitrogens with zero attached hydrogens (tertiary/aromatic N) is 11. The maximum atomic E-state index is 12.5. The number of anilines is 4. The number of aryl methyl sites for hydroxylation is 1. The van der Waals surface area contributed by atoms with Crippen LogP contribution in [0, 0.1) is 0 Å². The molecule has 1 aliphatic rings. The number of rotatable bonds is 24. The number of hydrogen-bond donors (Lipinski definition) is 4. The first kappa shape index (κ1) is 43.5. The molecule has 0 radical (unpaired) electrons. The van der Waals surface area contributed by atoms with Crippen LogP contribution in [0.5, 0.6) is 0 Å². The van der Waals surface area contributed by atoms with E-state index in [1.54, 1.807) is 29.2 Å². The number of unbranched alkanes of at least 4 members (excludes halogenated alkanes) is 1. The molecule has 328 valence electrons. The van der Waals surface area contributed by atoms with E-state index >= 15 is 0 Å². The van der Waals surface area contributed by atoms with Crippen molar-refractivity contribution in [3.63, 3.8) is 0 Å². The number of benzene rings is 1. The lowest BCUT2D eigenvalue weighted by Crippen LogP contribution is -2.47. The van der Waals surface area contributed by atoms with Gasteiger partial charge in [-0.25, -0.2) is 34.6 Å². The number of carbonyl (C=O) groups is 2. The van der Waals surface area contributed by atoms with E-state index in [0.29, 0.717) is 124 Å². The lowest BCUT2D eigenvalue weighted by molar-refractivity contribution is -0.122. The maximum absolute atomic E-state index is 12.5. The predicted octanol–water partition coefficient (Wildman–Crippen LogP) is 1.49. The van der Waals surface area contributed by atoms with Gasteiger partial charge in [-0.1, -0.05) is 0 Å². The number of piperazine rings is 1. The van der Waals surface area contributed by atoms with E-state index in [-0.39, 0.29) is 24.2 Å². The first-order valence-electron chi connectivity index (χ1n) is 20.5. The van der Waals surface area contributed by atoms with Crippen molar-refractivity contribution in [2.75, 3.05) is 113 Å². The van der Waals surface area contributed by atoms with Gasteiger partial charge < -0.3 is 55.3 Å². The summed E-state index contributed by atoms with van der Waals surface area (Å²) >= 11 is 0. The van der Waals surface area contributed by atoms with Gasteiger partial charge in [-0.2, -0.15) is 10.1 Å². The van der Waals surface area contributed by atoms with E-state index < -0.39 is 0 Å². The van der Waals surface area contributed by atoms with Crippen LogP contribution in [0.3, 0.4) is 0 Å². The highest BCUT2D eigenvalue weighted by molar-refractivity contribution is 5.99. The number of nitrogens with two attached hydrogens (primary N) is 2. The lowest BCUT2D eigenvalue weighted by atomic mass is 10.1. The summed E-state index contributed by atoms with van der Waals surface area (Å²) < 4.78 is 29.3. The summed E-state index contributed by atoms with van der Waals surface area (Å²) in [5, 5.41) is 11.2. The quantitative estimate of drug-likeness (QED) is 0.0628. The zero-order valence-electron chi connectivity index (χ0n) is 34.4. The van der Waals surface area contributed by atoms with E-state index in [1.807, 2.05) is 12.1 Å². The zero-order chi connectivity index (χ0) is 42.9. The van der Waals surface area contributed by atoms with Crippen LogP contribution in [-0.2, 0) is 30.3 Å². The first-order valence-corrected chi connectivity index (χ1v) is 20.5. The van der Waals surface area contributed by atoms with Crippen LogP contribution in [0.25, 0.3) is 33.4 Å². The third-order valence-electron chi connectivity index (χ3n) is 9.77. The Morgan fingerprint density at radius 2 is 1.40 bits per heavy atom. The molecule has 7 rings (SSSR count). The van der Waals surface area contributed by atoms with Crippen molar-refractivity contribution < 1.29 is 33.0 Å². The van der Waals surface area contributed by atoms with Gasteiger partial charge in [-0.3, -0.25) is 9.59 Å². The van der Waals surface area contributed by atoms with Crippen LogP contribution in [0.4, 0.5) is 23.7 Å². The van der Waals surface area contributed by atoms with Gasteiger partial charge in [0.1, 0.15) is 23.4 Å². The van der Waals surface area contributed by atoms with Gasteiger partial charge in [0.25, 0.3) is 11.9 Å². The van der Waals surface area contributed by atoms with E-state index in [4.69, 9.17) is 39.9 Å². The molecule has 1 aliphatic heterocycles. The molecule has 0 bridgehead atoms. The van der Waals surface area contributed by atoms with Gasteiger partial charge >= 0.3 is 0 Å². The number of aromatic nitrogens is 9. The number of oxazole rings is 1. The molecule has 2 amide bonds. The number of hydrogen-bond acceptors (Lipinski definition) is 19. The molecule has 1 saturated heterocycles. The van der Waals surface area contributed by atoms with Crippen LogP contribution >= 0.6 is 0 Å². The molecule has 1 aromatic carbocycles. The molecule has 5 aromatic heterocycles. The minimum absolute atomic E-state index is 0.0820. The summed E-state index contributed by atoms with van der Waals surface area (Å²) in [6.07, 6.45) is 9.71. The fourth-order valence-electron chi connectivity index (χ4n) is 6.61. The number of ether oxygens (including phenoxy) is 4. The third-order valence-corrected chi connectivity index (χ3v) is 9.77. The molecule has 0 atom stereocenters. The molecule has 6 heterocycles. The number of carbonyl (C=O) groups excluding carboxylic acids is 2. The summed E-state index contributed by atoms with van der Waals surface area (Å²) in [5.41, 5.74) is 15.6. The highest BCUT2D eigenvalue weighted by atomic mass is 16.6. The Balaban J connectivity index is 0.653. The van der Waals surface area contributed by atoms with Crippen LogP contribution < -0.4 is 31.9 Å². The van der Waals surface area contributed by atoms with Crippen molar-refractivity contribution in [1.82, 2.24) is 55.3 Å².